The number of imidazole rings is 1. The lowest BCUT2D eigenvalue weighted by Crippen LogP contribution is -2.78. The molecule has 5 heterocycles. The van der Waals surface area contributed by atoms with E-state index in [2.05, 4.69) is 140 Å². The number of hydrogen-bond donors (Lipinski definition) is 0. The van der Waals surface area contributed by atoms with Crippen molar-refractivity contribution in [2.45, 2.75) is 104 Å². The molecule has 4 nitrogen and oxygen atoms in total. The maximum Gasteiger partial charge on any atom is 0.499 e. The number of nitrogens with zero attached hydrogens (tertiary/aromatic N) is 3. The van der Waals surface area contributed by atoms with Crippen LogP contribution in [0, 0.1) is 0 Å². The van der Waals surface area contributed by atoms with Gasteiger partial charge in [0.1, 0.15) is 22.6 Å². The lowest BCUT2D eigenvalue weighted by Gasteiger charge is -2.32. The third-order valence-corrected chi connectivity index (χ3v) is 13.3. The molecule has 0 amide bonds. The second kappa shape index (κ2) is 12.9. The number of pyridine rings is 1. The van der Waals surface area contributed by atoms with Gasteiger partial charge in [-0.15, -0.1) is 9.13 Å². The molecule has 0 radical (unpaired) electrons. The summed E-state index contributed by atoms with van der Waals surface area (Å²) in [6, 6.07) is 44.4. The first kappa shape index (κ1) is 29.1. The van der Waals surface area contributed by atoms with Crippen LogP contribution in [0.4, 0.5) is 0 Å². The van der Waals surface area contributed by atoms with Crippen LogP contribution < -0.4 is 13.9 Å². The summed E-state index contributed by atoms with van der Waals surface area (Å²) in [5, 5.41) is 0. The maximum atomic E-state index is 9.18. The summed E-state index contributed by atoms with van der Waals surface area (Å²) >= 11 is 0. The van der Waals surface area contributed by atoms with Crippen molar-refractivity contribution in [1.29, 1.82) is 0 Å². The van der Waals surface area contributed by atoms with E-state index in [4.69, 9.17) is 17.1 Å². The zero-order chi connectivity index (χ0) is 51.7. The van der Waals surface area contributed by atoms with Gasteiger partial charge in [0.05, 0.1) is 5.56 Å². The summed E-state index contributed by atoms with van der Waals surface area (Å²) in [7, 11) is 0. The Morgan fingerprint density at radius 3 is 1.95 bits per heavy atom. The van der Waals surface area contributed by atoms with E-state index < -0.39 is 37.7 Å². The number of rotatable bonds is 4. The van der Waals surface area contributed by atoms with Gasteiger partial charge in [0, 0.05) is 42.5 Å². The molecule has 6 aromatic carbocycles. The van der Waals surface area contributed by atoms with E-state index in [1.165, 1.54) is 17.7 Å². The van der Waals surface area contributed by atoms with Crippen LogP contribution in [0.15, 0.2) is 140 Å². The SMILES string of the molecule is [2H]C(C)(C)c1ccc(-n2c3[n+]4c5c(cccc52)-c2cc(C(C)(C)C)cc5c2C4(Oc2ccccc2-3)[n+]2ccc(-c3ccc(C(C([2H])([2H])[2H])(C([2H])([2H])[2H])C([2H])([2H])[2H])cc3)cc2-5)c(-c2ccc(C(C)(C)C)cc2)c1. The van der Waals surface area contributed by atoms with Crippen LogP contribution in [0.1, 0.15) is 123 Å². The molecule has 11 rings (SSSR count). The Labute approximate surface area is 381 Å². The third-order valence-electron chi connectivity index (χ3n) is 13.3. The van der Waals surface area contributed by atoms with E-state index in [1.54, 1.807) is 12.1 Å². The Balaban J connectivity index is 1.20. The van der Waals surface area contributed by atoms with Gasteiger partial charge in [0.25, 0.3) is 0 Å². The average Bonchev–Trinajstić information content (AvgIpc) is 3.78. The first-order chi connectivity index (χ1) is 33.5. The Morgan fingerprint density at radius 2 is 1.26 bits per heavy atom. The fourth-order valence-electron chi connectivity index (χ4n) is 9.97. The molecule has 4 heteroatoms. The molecule has 0 aliphatic carbocycles. The highest BCUT2D eigenvalue weighted by Gasteiger charge is 2.68. The molecule has 1 atom stereocenters. The van der Waals surface area contributed by atoms with Gasteiger partial charge in [-0.1, -0.05) is 149 Å². The Bertz CT molecular complexity index is 3530. The number of para-hydroxylation sites is 2. The van der Waals surface area contributed by atoms with Crippen LogP contribution in [0.3, 0.4) is 0 Å². The summed E-state index contributed by atoms with van der Waals surface area (Å²) in [6.07, 6.45) is 2.02. The van der Waals surface area contributed by atoms with Gasteiger partial charge in [0.2, 0.25) is 5.69 Å². The van der Waals surface area contributed by atoms with Gasteiger partial charge in [-0.2, -0.15) is 4.57 Å². The highest BCUT2D eigenvalue weighted by Crippen LogP contribution is 2.54. The molecule has 3 aliphatic heterocycles. The fraction of sp³-hybridized carbons (Fsp3) is 0.276. The smallest absolute Gasteiger partial charge is 0.392 e. The Kier molecular flexibility index (Phi) is 6.05. The predicted molar refractivity (Wildman–Crippen MR) is 254 cm³/mol. The van der Waals surface area contributed by atoms with Crippen LogP contribution in [0.2, 0.25) is 0 Å². The highest BCUT2D eigenvalue weighted by molar-refractivity contribution is 5.98. The number of benzene rings is 6. The van der Waals surface area contributed by atoms with Crippen LogP contribution >= 0.6 is 0 Å². The standard InChI is InChI=1S/C58H57N3O/c1-35(2)38-23-28-48(45(31-38)37-21-26-41(27-22-37)56(6,7)8)60-49-17-14-16-43-46-33-42(57(9,10)11)34-47-50-32-39(36-19-24-40(25-20-36)55(3,4)5)29-30-59(50)58(52(46)47)61(53(43)49)54(60)44-15-12-13-18-51(44)62-58/h12-35H,1-11H3/q+2/i3D3,4D3,5D3,35D. The van der Waals surface area contributed by atoms with Crippen molar-refractivity contribution in [3.8, 4) is 67.5 Å². The lowest BCUT2D eigenvalue weighted by molar-refractivity contribution is -0.997. The van der Waals surface area contributed by atoms with E-state index in [1.807, 2.05) is 44.3 Å². The van der Waals surface area contributed by atoms with Gasteiger partial charge in [-0.05, 0) is 110 Å². The Hall–Kier alpha value is -6.26. The molecule has 0 saturated heterocycles. The number of fused-ring (bicyclic) bond motifs is 5. The van der Waals surface area contributed by atoms with Gasteiger partial charge in [-0.3, -0.25) is 0 Å². The molecule has 0 N–H and O–H groups in total. The minimum Gasteiger partial charge on any atom is -0.392 e. The number of hydrogen-bond acceptors (Lipinski definition) is 1. The van der Waals surface area contributed by atoms with E-state index in [0.29, 0.717) is 11.3 Å². The molecule has 0 bridgehead atoms. The topological polar surface area (TPSA) is 21.9 Å². The van der Waals surface area contributed by atoms with Crippen molar-refractivity contribution >= 4 is 11.0 Å². The van der Waals surface area contributed by atoms with Crippen molar-refractivity contribution < 1.29 is 27.6 Å². The summed E-state index contributed by atoms with van der Waals surface area (Å²) in [5.74, 6) is -0.514. The maximum absolute atomic E-state index is 9.18. The quantitative estimate of drug-likeness (QED) is 0.162. The summed E-state index contributed by atoms with van der Waals surface area (Å²) in [6.45, 7) is 6.99. The van der Waals surface area contributed by atoms with Crippen molar-refractivity contribution in [3.05, 3.63) is 167 Å². The minimum atomic E-state index is -3.37. The van der Waals surface area contributed by atoms with Crippen molar-refractivity contribution in [1.82, 2.24) is 4.57 Å². The van der Waals surface area contributed by atoms with E-state index in [9.17, 15) is 1.37 Å². The summed E-state index contributed by atoms with van der Waals surface area (Å²) < 4.78 is 98.6. The van der Waals surface area contributed by atoms with Crippen molar-refractivity contribution in [2.75, 3.05) is 0 Å². The second-order valence-corrected chi connectivity index (χ2v) is 19.6. The molecule has 62 heavy (non-hydrogen) atoms. The molecule has 3 aliphatic rings. The lowest BCUT2D eigenvalue weighted by atomic mass is 9.80. The largest absolute Gasteiger partial charge is 0.499 e. The molecular weight excluding hydrogens is 755 g/mol. The number of aromatic nitrogens is 3. The molecule has 1 spiro atoms. The molecule has 308 valence electrons. The van der Waals surface area contributed by atoms with E-state index in [-0.39, 0.29) is 16.4 Å². The van der Waals surface area contributed by atoms with Crippen molar-refractivity contribution in [2.24, 2.45) is 0 Å². The summed E-state index contributed by atoms with van der Waals surface area (Å²) in [5.41, 5.74) is 11.7. The van der Waals surface area contributed by atoms with Crippen LogP contribution in [-0.4, -0.2) is 4.57 Å². The predicted octanol–water partition coefficient (Wildman–Crippen LogP) is 13.8. The molecule has 8 aromatic rings. The first-order valence-electron chi connectivity index (χ1n) is 26.5. The van der Waals surface area contributed by atoms with Crippen LogP contribution in [0.25, 0.3) is 72.7 Å². The normalized spacial score (nSPS) is 19.2. The van der Waals surface area contributed by atoms with Crippen molar-refractivity contribution in [3.63, 3.8) is 0 Å². The van der Waals surface area contributed by atoms with Gasteiger partial charge in [0.15, 0.2) is 17.2 Å². The highest BCUT2D eigenvalue weighted by atomic mass is 16.5. The fourth-order valence-corrected chi connectivity index (χ4v) is 9.97. The first-order valence-corrected chi connectivity index (χ1v) is 21.5. The van der Waals surface area contributed by atoms with Gasteiger partial charge < -0.3 is 4.74 Å². The van der Waals surface area contributed by atoms with E-state index in [0.717, 1.165) is 83.9 Å². The second-order valence-electron chi connectivity index (χ2n) is 19.6. The van der Waals surface area contributed by atoms with Crippen LogP contribution in [0.5, 0.6) is 5.75 Å². The molecule has 2 aromatic heterocycles. The monoisotopic (exact) mass is 822 g/mol. The van der Waals surface area contributed by atoms with Gasteiger partial charge in [-0.25, -0.2) is 0 Å². The summed E-state index contributed by atoms with van der Waals surface area (Å²) in [4.78, 5) is 0. The Morgan fingerprint density at radius 1 is 0.597 bits per heavy atom. The zero-order valence-corrected chi connectivity index (χ0v) is 36.5. The molecule has 0 saturated carbocycles. The molecule has 0 fully saturated rings. The van der Waals surface area contributed by atoms with E-state index >= 15 is 0 Å². The van der Waals surface area contributed by atoms with Crippen LogP contribution in [-0.2, 0) is 22.1 Å². The number of ether oxygens (including phenoxy) is 1. The molecular formula is C58H57N3O+2. The zero-order valence-electron chi connectivity index (χ0n) is 46.5. The average molecular weight is 822 g/mol. The van der Waals surface area contributed by atoms with Gasteiger partial charge >= 0.3 is 11.7 Å². The third kappa shape index (κ3) is 5.44. The minimum absolute atomic E-state index is 0.0408. The molecule has 1 unspecified atom stereocenters.